The second kappa shape index (κ2) is 3.79. The van der Waals surface area contributed by atoms with E-state index in [9.17, 15) is 0 Å². The van der Waals surface area contributed by atoms with Gasteiger partial charge in [0.2, 0.25) is 0 Å². The van der Waals surface area contributed by atoms with Crippen molar-refractivity contribution in [3.05, 3.63) is 24.3 Å². The number of aryl methyl sites for hydroxylation is 1. The first kappa shape index (κ1) is 9.66. The van der Waals surface area contributed by atoms with Crippen molar-refractivity contribution in [1.29, 1.82) is 0 Å². The van der Waals surface area contributed by atoms with Gasteiger partial charge in [-0.25, -0.2) is 0 Å². The fourth-order valence-electron chi connectivity index (χ4n) is 2.11. The van der Waals surface area contributed by atoms with Gasteiger partial charge in [0, 0.05) is 13.6 Å². The summed E-state index contributed by atoms with van der Waals surface area (Å²) < 4.78 is 7.89. The molecule has 1 atom stereocenters. The van der Waals surface area contributed by atoms with E-state index in [0.717, 1.165) is 36.6 Å². The van der Waals surface area contributed by atoms with Gasteiger partial charge < -0.3 is 10.1 Å². The number of imidazole rings is 1. The van der Waals surface area contributed by atoms with Gasteiger partial charge in [-0.2, -0.15) is 4.98 Å². The molecule has 0 bridgehead atoms. The van der Waals surface area contributed by atoms with Gasteiger partial charge >= 0.3 is 0 Å². The number of benzene rings is 1. The van der Waals surface area contributed by atoms with Crippen molar-refractivity contribution in [3.63, 3.8) is 0 Å². The Morgan fingerprint density at radius 1 is 1.44 bits per heavy atom. The number of hydrogen-bond acceptors (Lipinski definition) is 3. The Hall–Kier alpha value is -1.55. The molecule has 0 radical (unpaired) electrons. The van der Waals surface area contributed by atoms with Crippen LogP contribution >= 0.6 is 0 Å². The quantitative estimate of drug-likeness (QED) is 0.824. The fourth-order valence-corrected chi connectivity index (χ4v) is 2.11. The minimum absolute atomic E-state index is 0.260. The highest BCUT2D eigenvalue weighted by molar-refractivity contribution is 5.76. The molecule has 0 spiro atoms. The molecule has 1 aromatic heterocycles. The van der Waals surface area contributed by atoms with Crippen LogP contribution in [-0.2, 0) is 7.05 Å². The van der Waals surface area contributed by atoms with Crippen LogP contribution in [0.1, 0.15) is 6.42 Å². The zero-order chi connectivity index (χ0) is 11.0. The zero-order valence-corrected chi connectivity index (χ0v) is 9.31. The lowest BCUT2D eigenvalue weighted by Gasteiger charge is -2.10. The van der Waals surface area contributed by atoms with Crippen molar-refractivity contribution in [1.82, 2.24) is 14.9 Å². The molecular weight excluding hydrogens is 202 g/mol. The van der Waals surface area contributed by atoms with Crippen LogP contribution in [0, 0.1) is 0 Å². The Balaban J connectivity index is 1.94. The third kappa shape index (κ3) is 1.55. The van der Waals surface area contributed by atoms with Gasteiger partial charge in [0.1, 0.15) is 6.10 Å². The fraction of sp³-hybridized carbons (Fsp3) is 0.417. The number of hydrogen-bond donors (Lipinski definition) is 1. The van der Waals surface area contributed by atoms with Crippen molar-refractivity contribution >= 4 is 11.0 Å². The second-order valence-corrected chi connectivity index (χ2v) is 4.17. The van der Waals surface area contributed by atoms with E-state index in [4.69, 9.17) is 4.74 Å². The minimum Gasteiger partial charge on any atom is -0.460 e. The van der Waals surface area contributed by atoms with Crippen LogP contribution in [-0.4, -0.2) is 28.7 Å². The smallest absolute Gasteiger partial charge is 0.297 e. The van der Waals surface area contributed by atoms with Crippen molar-refractivity contribution in [2.75, 3.05) is 13.1 Å². The first-order valence-corrected chi connectivity index (χ1v) is 5.63. The van der Waals surface area contributed by atoms with Crippen LogP contribution in [0.3, 0.4) is 0 Å². The number of nitrogens with zero attached hydrogens (tertiary/aromatic N) is 2. The van der Waals surface area contributed by atoms with Crippen LogP contribution in [0.25, 0.3) is 11.0 Å². The van der Waals surface area contributed by atoms with E-state index < -0.39 is 0 Å². The Labute approximate surface area is 94.2 Å². The lowest BCUT2D eigenvalue weighted by Crippen LogP contribution is -2.21. The van der Waals surface area contributed by atoms with Gasteiger partial charge in [-0.05, 0) is 25.1 Å². The summed E-state index contributed by atoms with van der Waals surface area (Å²) in [6, 6.07) is 8.80. The van der Waals surface area contributed by atoms with Gasteiger partial charge in [-0.1, -0.05) is 12.1 Å². The van der Waals surface area contributed by atoms with E-state index in [1.165, 1.54) is 0 Å². The van der Waals surface area contributed by atoms with Crippen molar-refractivity contribution in [2.24, 2.45) is 7.05 Å². The largest absolute Gasteiger partial charge is 0.460 e. The maximum absolute atomic E-state index is 5.88. The summed E-state index contributed by atoms with van der Waals surface area (Å²) >= 11 is 0. The second-order valence-electron chi connectivity index (χ2n) is 4.17. The number of aromatic nitrogens is 2. The molecule has 1 fully saturated rings. The third-order valence-corrected chi connectivity index (χ3v) is 3.03. The SMILES string of the molecule is Cn1c(O[C@@H]2CCNC2)nc2ccccc21. The highest BCUT2D eigenvalue weighted by atomic mass is 16.5. The van der Waals surface area contributed by atoms with Crippen LogP contribution < -0.4 is 10.1 Å². The van der Waals surface area contributed by atoms with Crippen molar-refractivity contribution in [2.45, 2.75) is 12.5 Å². The summed E-state index contributed by atoms with van der Waals surface area (Å²) in [4.78, 5) is 4.49. The molecule has 1 saturated heterocycles. The summed E-state index contributed by atoms with van der Waals surface area (Å²) in [6.45, 7) is 1.96. The first-order valence-electron chi connectivity index (χ1n) is 5.63. The molecule has 2 aromatic rings. The molecule has 0 unspecified atom stereocenters. The Kier molecular flexibility index (Phi) is 2.29. The molecule has 0 amide bonds. The van der Waals surface area contributed by atoms with Crippen molar-refractivity contribution < 1.29 is 4.74 Å². The molecule has 3 rings (SSSR count). The molecule has 2 heterocycles. The summed E-state index contributed by atoms with van der Waals surface area (Å²) in [7, 11) is 1.99. The molecule has 0 saturated carbocycles. The molecule has 84 valence electrons. The Bertz CT molecular complexity index is 500. The average molecular weight is 217 g/mol. The van der Waals surface area contributed by atoms with Gasteiger partial charge in [0.05, 0.1) is 11.0 Å². The topological polar surface area (TPSA) is 39.1 Å². The highest BCUT2D eigenvalue weighted by Gasteiger charge is 2.18. The molecular formula is C12H15N3O. The molecule has 1 aromatic carbocycles. The van der Waals surface area contributed by atoms with E-state index in [1.807, 2.05) is 29.8 Å². The molecule has 4 heteroatoms. The van der Waals surface area contributed by atoms with E-state index in [-0.39, 0.29) is 6.10 Å². The lowest BCUT2D eigenvalue weighted by molar-refractivity contribution is 0.199. The van der Waals surface area contributed by atoms with Crippen molar-refractivity contribution in [3.8, 4) is 6.01 Å². The Morgan fingerprint density at radius 2 is 2.31 bits per heavy atom. The monoisotopic (exact) mass is 217 g/mol. The van der Waals surface area contributed by atoms with E-state index in [0.29, 0.717) is 0 Å². The number of fused-ring (bicyclic) bond motifs is 1. The molecule has 4 nitrogen and oxygen atoms in total. The van der Waals surface area contributed by atoms with Gasteiger partial charge in [0.15, 0.2) is 0 Å². The standard InChI is InChI=1S/C12H15N3O/c1-15-11-5-3-2-4-10(11)14-12(15)16-9-6-7-13-8-9/h2-5,9,13H,6-8H2,1H3/t9-/m1/s1. The predicted octanol–water partition coefficient (Wildman–Crippen LogP) is 1.31. The minimum atomic E-state index is 0.260. The predicted molar refractivity (Wildman–Crippen MR) is 62.6 cm³/mol. The van der Waals surface area contributed by atoms with E-state index >= 15 is 0 Å². The zero-order valence-electron chi connectivity index (χ0n) is 9.31. The van der Waals surface area contributed by atoms with E-state index in [2.05, 4.69) is 16.4 Å². The number of rotatable bonds is 2. The highest BCUT2D eigenvalue weighted by Crippen LogP contribution is 2.21. The average Bonchev–Trinajstić information content (AvgIpc) is 2.90. The normalized spacial score (nSPS) is 20.4. The van der Waals surface area contributed by atoms with Crippen LogP contribution in [0.5, 0.6) is 6.01 Å². The van der Waals surface area contributed by atoms with Crippen LogP contribution in [0.4, 0.5) is 0 Å². The maximum Gasteiger partial charge on any atom is 0.297 e. The maximum atomic E-state index is 5.88. The molecule has 1 aliphatic heterocycles. The van der Waals surface area contributed by atoms with Crippen LogP contribution in [0.15, 0.2) is 24.3 Å². The lowest BCUT2D eigenvalue weighted by atomic mass is 10.3. The third-order valence-electron chi connectivity index (χ3n) is 3.03. The number of nitrogens with one attached hydrogen (secondary N) is 1. The summed E-state index contributed by atoms with van der Waals surface area (Å²) in [6.07, 6.45) is 1.32. The van der Waals surface area contributed by atoms with Gasteiger partial charge in [-0.15, -0.1) is 0 Å². The summed E-state index contributed by atoms with van der Waals surface area (Å²) in [5, 5.41) is 3.28. The van der Waals surface area contributed by atoms with Gasteiger partial charge in [-0.3, -0.25) is 4.57 Å². The number of para-hydroxylation sites is 2. The summed E-state index contributed by atoms with van der Waals surface area (Å²) in [5.74, 6) is 0. The van der Waals surface area contributed by atoms with Crippen LogP contribution in [0.2, 0.25) is 0 Å². The molecule has 16 heavy (non-hydrogen) atoms. The first-order chi connectivity index (χ1) is 7.84. The summed E-state index contributed by atoms with van der Waals surface area (Å²) in [5.41, 5.74) is 2.11. The Morgan fingerprint density at radius 3 is 3.06 bits per heavy atom. The number of ether oxygens (including phenoxy) is 1. The molecule has 0 aliphatic carbocycles. The molecule has 1 aliphatic rings. The molecule has 1 N–H and O–H groups in total. The van der Waals surface area contributed by atoms with Gasteiger partial charge in [0.25, 0.3) is 6.01 Å². The van der Waals surface area contributed by atoms with E-state index in [1.54, 1.807) is 0 Å².